The molecule has 3 heteroatoms. The summed E-state index contributed by atoms with van der Waals surface area (Å²) in [5.41, 5.74) is 2.90. The molecule has 0 radical (unpaired) electrons. The van der Waals surface area contributed by atoms with E-state index < -0.39 is 5.97 Å². The van der Waals surface area contributed by atoms with Crippen LogP contribution in [0.3, 0.4) is 0 Å². The summed E-state index contributed by atoms with van der Waals surface area (Å²) in [6.07, 6.45) is 0.624. The normalized spacial score (nSPS) is 10.1. The molecule has 0 fully saturated rings. The standard InChI is InChI=1S/C18H18O3/c1-2-21-18(20)13-17(19)16-10-8-15(9-11-16)12-14-6-4-3-5-7-14/h3-11H,2,12-13H2,1H3. The van der Waals surface area contributed by atoms with Crippen LogP contribution in [0.5, 0.6) is 0 Å². The first-order valence-corrected chi connectivity index (χ1v) is 7.00. The molecule has 0 N–H and O–H groups in total. The lowest BCUT2D eigenvalue weighted by Gasteiger charge is -2.04. The maximum Gasteiger partial charge on any atom is 0.313 e. The second-order valence-corrected chi connectivity index (χ2v) is 4.76. The molecule has 108 valence electrons. The van der Waals surface area contributed by atoms with E-state index in [1.54, 1.807) is 19.1 Å². The lowest BCUT2D eigenvalue weighted by atomic mass is 10.0. The van der Waals surface area contributed by atoms with Crippen molar-refractivity contribution in [3.05, 3.63) is 71.3 Å². The van der Waals surface area contributed by atoms with Gasteiger partial charge in [0.2, 0.25) is 0 Å². The second-order valence-electron chi connectivity index (χ2n) is 4.76. The highest BCUT2D eigenvalue weighted by Crippen LogP contribution is 2.12. The molecule has 3 nitrogen and oxygen atoms in total. The van der Waals surface area contributed by atoms with Crippen molar-refractivity contribution in [1.29, 1.82) is 0 Å². The number of hydrogen-bond acceptors (Lipinski definition) is 3. The molecular weight excluding hydrogens is 264 g/mol. The van der Waals surface area contributed by atoms with E-state index in [9.17, 15) is 9.59 Å². The summed E-state index contributed by atoms with van der Waals surface area (Å²) < 4.78 is 4.78. The molecule has 0 spiro atoms. The van der Waals surface area contributed by atoms with Gasteiger partial charge in [0.25, 0.3) is 0 Å². The largest absolute Gasteiger partial charge is 0.466 e. The van der Waals surface area contributed by atoms with Crippen LogP contribution in [0, 0.1) is 0 Å². The Labute approximate surface area is 124 Å². The lowest BCUT2D eigenvalue weighted by molar-refractivity contribution is -0.141. The van der Waals surface area contributed by atoms with Crippen LogP contribution >= 0.6 is 0 Å². The molecule has 2 aromatic rings. The van der Waals surface area contributed by atoms with Crippen LogP contribution in [0.25, 0.3) is 0 Å². The van der Waals surface area contributed by atoms with Crippen molar-refractivity contribution in [2.45, 2.75) is 19.8 Å². The first-order chi connectivity index (χ1) is 10.2. The van der Waals surface area contributed by atoms with E-state index in [4.69, 9.17) is 4.74 Å². The minimum atomic E-state index is -0.476. The van der Waals surface area contributed by atoms with E-state index in [1.165, 1.54) is 5.56 Å². The summed E-state index contributed by atoms with van der Waals surface area (Å²) in [6, 6.07) is 17.5. The highest BCUT2D eigenvalue weighted by Gasteiger charge is 2.12. The number of rotatable bonds is 6. The van der Waals surface area contributed by atoms with Crippen molar-refractivity contribution in [3.63, 3.8) is 0 Å². The Morgan fingerprint density at radius 3 is 2.14 bits per heavy atom. The number of carbonyl (C=O) groups is 2. The van der Waals surface area contributed by atoms with E-state index in [0.29, 0.717) is 12.2 Å². The summed E-state index contributed by atoms with van der Waals surface area (Å²) in [7, 11) is 0. The Kier molecular flexibility index (Phi) is 5.27. The van der Waals surface area contributed by atoms with Crippen LogP contribution < -0.4 is 0 Å². The van der Waals surface area contributed by atoms with Crippen molar-refractivity contribution in [3.8, 4) is 0 Å². The van der Waals surface area contributed by atoms with Crippen LogP contribution in [0.15, 0.2) is 54.6 Å². The Bertz CT molecular complexity index is 600. The van der Waals surface area contributed by atoms with Crippen molar-refractivity contribution < 1.29 is 14.3 Å². The van der Waals surface area contributed by atoms with Gasteiger partial charge in [-0.05, 0) is 24.5 Å². The molecule has 0 aliphatic carbocycles. The fraction of sp³-hybridized carbons (Fsp3) is 0.222. The smallest absolute Gasteiger partial charge is 0.313 e. The Hall–Kier alpha value is -2.42. The molecule has 21 heavy (non-hydrogen) atoms. The molecule has 0 saturated carbocycles. The maximum atomic E-state index is 11.9. The maximum absolute atomic E-state index is 11.9. The average molecular weight is 282 g/mol. The fourth-order valence-electron chi connectivity index (χ4n) is 2.09. The first-order valence-electron chi connectivity index (χ1n) is 7.00. The van der Waals surface area contributed by atoms with Gasteiger partial charge in [-0.25, -0.2) is 0 Å². The zero-order valence-corrected chi connectivity index (χ0v) is 12.0. The second kappa shape index (κ2) is 7.39. The van der Waals surface area contributed by atoms with Crippen LogP contribution in [0.4, 0.5) is 0 Å². The van der Waals surface area contributed by atoms with Crippen molar-refractivity contribution >= 4 is 11.8 Å². The molecule has 0 bridgehead atoms. The molecule has 0 aromatic heterocycles. The first kappa shape index (κ1) is 15.0. The number of hydrogen-bond donors (Lipinski definition) is 0. The van der Waals surface area contributed by atoms with Gasteiger partial charge in [-0.2, -0.15) is 0 Å². The highest BCUT2D eigenvalue weighted by atomic mass is 16.5. The number of esters is 1. The molecule has 0 saturated heterocycles. The third-order valence-electron chi connectivity index (χ3n) is 3.14. The molecule has 0 unspecified atom stereocenters. The quantitative estimate of drug-likeness (QED) is 0.463. The molecule has 2 rings (SSSR count). The monoisotopic (exact) mass is 282 g/mol. The van der Waals surface area contributed by atoms with Gasteiger partial charge in [-0.1, -0.05) is 54.6 Å². The number of carbonyl (C=O) groups excluding carboxylic acids is 2. The van der Waals surface area contributed by atoms with Gasteiger partial charge in [0.15, 0.2) is 5.78 Å². The zero-order valence-electron chi connectivity index (χ0n) is 12.0. The Morgan fingerprint density at radius 2 is 1.52 bits per heavy atom. The summed E-state index contributed by atoms with van der Waals surface area (Å²) in [6.45, 7) is 2.02. The third-order valence-corrected chi connectivity index (χ3v) is 3.14. The predicted octanol–water partition coefficient (Wildman–Crippen LogP) is 3.41. The van der Waals surface area contributed by atoms with Crippen LogP contribution in [0.1, 0.15) is 34.8 Å². The van der Waals surface area contributed by atoms with Gasteiger partial charge >= 0.3 is 5.97 Å². The Balaban J connectivity index is 1.98. The van der Waals surface area contributed by atoms with Crippen LogP contribution in [0.2, 0.25) is 0 Å². The van der Waals surface area contributed by atoms with Gasteiger partial charge in [0.1, 0.15) is 6.42 Å². The van der Waals surface area contributed by atoms with E-state index >= 15 is 0 Å². The minimum absolute atomic E-state index is 0.203. The number of Topliss-reactive ketones (excluding diaryl/α,β-unsaturated/α-hetero) is 1. The minimum Gasteiger partial charge on any atom is -0.466 e. The Morgan fingerprint density at radius 1 is 0.905 bits per heavy atom. The average Bonchev–Trinajstić information content (AvgIpc) is 2.49. The van der Waals surface area contributed by atoms with Gasteiger partial charge in [-0.3, -0.25) is 9.59 Å². The molecular formula is C18H18O3. The van der Waals surface area contributed by atoms with Gasteiger partial charge in [0, 0.05) is 5.56 Å². The van der Waals surface area contributed by atoms with Gasteiger partial charge in [-0.15, -0.1) is 0 Å². The van der Waals surface area contributed by atoms with E-state index in [-0.39, 0.29) is 12.2 Å². The van der Waals surface area contributed by atoms with Crippen molar-refractivity contribution in [2.75, 3.05) is 6.61 Å². The van der Waals surface area contributed by atoms with Crippen LogP contribution in [-0.2, 0) is 16.0 Å². The molecule has 0 aliphatic heterocycles. The summed E-state index contributed by atoms with van der Waals surface area (Å²) in [5.74, 6) is -0.685. The number of ether oxygens (including phenoxy) is 1. The SMILES string of the molecule is CCOC(=O)CC(=O)c1ccc(Cc2ccccc2)cc1. The summed E-state index contributed by atoms with van der Waals surface area (Å²) in [5, 5.41) is 0. The molecule has 2 aromatic carbocycles. The highest BCUT2D eigenvalue weighted by molar-refractivity contribution is 6.05. The van der Waals surface area contributed by atoms with E-state index in [0.717, 1.165) is 12.0 Å². The van der Waals surface area contributed by atoms with E-state index in [1.807, 2.05) is 30.3 Å². The topological polar surface area (TPSA) is 43.4 Å². The lowest BCUT2D eigenvalue weighted by Crippen LogP contribution is -2.11. The zero-order chi connectivity index (χ0) is 15.1. The molecule has 0 aliphatic rings. The van der Waals surface area contributed by atoms with Crippen molar-refractivity contribution in [1.82, 2.24) is 0 Å². The molecule has 0 heterocycles. The third kappa shape index (κ3) is 4.56. The van der Waals surface area contributed by atoms with E-state index in [2.05, 4.69) is 12.1 Å². The van der Waals surface area contributed by atoms with Crippen LogP contribution in [-0.4, -0.2) is 18.4 Å². The van der Waals surface area contributed by atoms with Gasteiger partial charge in [0.05, 0.1) is 6.61 Å². The number of ketones is 1. The summed E-state index contributed by atoms with van der Waals surface area (Å²) in [4.78, 5) is 23.2. The van der Waals surface area contributed by atoms with Gasteiger partial charge < -0.3 is 4.74 Å². The van der Waals surface area contributed by atoms with Crippen molar-refractivity contribution in [2.24, 2.45) is 0 Å². The molecule has 0 amide bonds. The molecule has 0 atom stereocenters. The number of benzene rings is 2. The predicted molar refractivity (Wildman–Crippen MR) is 81.3 cm³/mol. The fourth-order valence-corrected chi connectivity index (χ4v) is 2.09. The summed E-state index contributed by atoms with van der Waals surface area (Å²) >= 11 is 0.